The molecule has 1 heterocycles. The second kappa shape index (κ2) is 7.01. The van der Waals surface area contributed by atoms with Crippen molar-refractivity contribution in [2.75, 3.05) is 14.2 Å². The molecule has 0 radical (unpaired) electrons. The van der Waals surface area contributed by atoms with Gasteiger partial charge in [-0.25, -0.2) is 0 Å². The van der Waals surface area contributed by atoms with E-state index < -0.39 is 0 Å². The zero-order valence-corrected chi connectivity index (χ0v) is 12.4. The molecule has 1 aliphatic carbocycles. The van der Waals surface area contributed by atoms with Gasteiger partial charge in [-0.3, -0.25) is 4.98 Å². The van der Waals surface area contributed by atoms with E-state index in [1.54, 1.807) is 7.11 Å². The highest BCUT2D eigenvalue weighted by molar-refractivity contribution is 5.27. The van der Waals surface area contributed by atoms with E-state index in [0.29, 0.717) is 18.1 Å². The molecule has 19 heavy (non-hydrogen) atoms. The van der Waals surface area contributed by atoms with Crippen molar-refractivity contribution in [2.24, 2.45) is 0 Å². The van der Waals surface area contributed by atoms with Gasteiger partial charge in [-0.15, -0.1) is 0 Å². The Morgan fingerprint density at radius 1 is 1.47 bits per heavy atom. The monoisotopic (exact) mass is 262 g/mol. The summed E-state index contributed by atoms with van der Waals surface area (Å²) in [6, 6.07) is 4.80. The molecule has 0 amide bonds. The minimum atomic E-state index is 0.336. The number of hydrogen-bond donors (Lipinski definition) is 1. The van der Waals surface area contributed by atoms with Crippen LogP contribution < -0.4 is 5.32 Å². The van der Waals surface area contributed by atoms with E-state index in [-0.39, 0.29) is 0 Å². The maximum Gasteiger partial charge on any atom is 0.0543 e. The van der Waals surface area contributed by atoms with Gasteiger partial charge in [0.15, 0.2) is 0 Å². The number of aryl methyl sites for hydroxylation is 1. The third kappa shape index (κ3) is 3.54. The molecule has 2 rings (SSSR count). The zero-order chi connectivity index (χ0) is 13.7. The van der Waals surface area contributed by atoms with Crippen molar-refractivity contribution >= 4 is 0 Å². The molecule has 0 saturated heterocycles. The molecule has 0 fully saturated rings. The van der Waals surface area contributed by atoms with Gasteiger partial charge in [0.05, 0.1) is 6.10 Å². The fraction of sp³-hybridized carbons (Fsp3) is 0.688. The van der Waals surface area contributed by atoms with Crippen molar-refractivity contribution in [3.63, 3.8) is 0 Å². The summed E-state index contributed by atoms with van der Waals surface area (Å²) in [5, 5.41) is 3.50. The Morgan fingerprint density at radius 3 is 3.05 bits per heavy atom. The first-order chi connectivity index (χ1) is 9.26. The molecule has 0 aromatic carbocycles. The maximum absolute atomic E-state index is 5.36. The average molecular weight is 262 g/mol. The molecule has 0 bridgehead atoms. The first kappa shape index (κ1) is 14.5. The van der Waals surface area contributed by atoms with Crippen LogP contribution in [0.5, 0.6) is 0 Å². The van der Waals surface area contributed by atoms with Gasteiger partial charge in [-0.05, 0) is 57.7 Å². The van der Waals surface area contributed by atoms with Gasteiger partial charge in [-0.2, -0.15) is 0 Å². The van der Waals surface area contributed by atoms with E-state index in [0.717, 1.165) is 12.8 Å². The SMILES string of the molecule is CNC(CCC(C)OC)C1CCCc2cccnc21. The van der Waals surface area contributed by atoms with Crippen LogP contribution in [0.2, 0.25) is 0 Å². The molecule has 1 aromatic heterocycles. The minimum Gasteiger partial charge on any atom is -0.382 e. The maximum atomic E-state index is 5.36. The first-order valence-electron chi connectivity index (χ1n) is 7.40. The standard InChI is InChI=1S/C16H26N2O/c1-12(19-3)9-10-15(17-2)14-8-4-6-13-7-5-11-18-16(13)14/h5,7,11-12,14-15,17H,4,6,8-10H2,1-3H3. The summed E-state index contributed by atoms with van der Waals surface area (Å²) in [5.41, 5.74) is 2.76. The van der Waals surface area contributed by atoms with E-state index in [2.05, 4.69) is 36.4 Å². The second-order valence-corrected chi connectivity index (χ2v) is 5.57. The summed E-state index contributed by atoms with van der Waals surface area (Å²) < 4.78 is 5.36. The highest BCUT2D eigenvalue weighted by Crippen LogP contribution is 2.33. The second-order valence-electron chi connectivity index (χ2n) is 5.57. The summed E-state index contributed by atoms with van der Waals surface area (Å²) in [6.45, 7) is 2.14. The Labute approximate surface area is 116 Å². The lowest BCUT2D eigenvalue weighted by molar-refractivity contribution is 0.105. The number of pyridine rings is 1. The van der Waals surface area contributed by atoms with E-state index in [9.17, 15) is 0 Å². The van der Waals surface area contributed by atoms with Gasteiger partial charge in [0.2, 0.25) is 0 Å². The molecule has 3 nitrogen and oxygen atoms in total. The molecule has 1 aliphatic rings. The molecular formula is C16H26N2O. The summed E-state index contributed by atoms with van der Waals surface area (Å²) in [7, 11) is 3.86. The fourth-order valence-corrected chi connectivity index (χ4v) is 3.12. The third-order valence-electron chi connectivity index (χ3n) is 4.38. The van der Waals surface area contributed by atoms with E-state index in [1.165, 1.54) is 30.5 Å². The third-order valence-corrected chi connectivity index (χ3v) is 4.38. The molecule has 1 aromatic rings. The lowest BCUT2D eigenvalue weighted by atomic mass is 9.80. The highest BCUT2D eigenvalue weighted by atomic mass is 16.5. The Kier molecular flexibility index (Phi) is 5.34. The largest absolute Gasteiger partial charge is 0.382 e. The quantitative estimate of drug-likeness (QED) is 0.856. The van der Waals surface area contributed by atoms with Crippen LogP contribution in [-0.4, -0.2) is 31.3 Å². The number of nitrogens with zero attached hydrogens (tertiary/aromatic N) is 1. The van der Waals surface area contributed by atoms with E-state index in [1.807, 2.05) is 6.20 Å². The van der Waals surface area contributed by atoms with Crippen molar-refractivity contribution in [1.82, 2.24) is 10.3 Å². The molecular weight excluding hydrogens is 236 g/mol. The number of hydrogen-bond acceptors (Lipinski definition) is 3. The van der Waals surface area contributed by atoms with Crippen molar-refractivity contribution in [2.45, 2.75) is 57.1 Å². The topological polar surface area (TPSA) is 34.1 Å². The van der Waals surface area contributed by atoms with Gasteiger partial charge in [-0.1, -0.05) is 6.07 Å². The van der Waals surface area contributed by atoms with Crippen LogP contribution >= 0.6 is 0 Å². The predicted molar refractivity (Wildman–Crippen MR) is 78.5 cm³/mol. The molecule has 0 saturated carbocycles. The van der Waals surface area contributed by atoms with Gasteiger partial charge in [0.25, 0.3) is 0 Å². The number of ether oxygens (including phenoxy) is 1. The molecule has 0 aliphatic heterocycles. The number of rotatable bonds is 6. The lowest BCUT2D eigenvalue weighted by Gasteiger charge is -2.31. The molecule has 1 N–H and O–H groups in total. The molecule has 3 heteroatoms. The van der Waals surface area contributed by atoms with Crippen molar-refractivity contribution < 1.29 is 4.74 Å². The molecule has 3 unspecified atom stereocenters. The number of likely N-dealkylation sites (N-methyl/N-ethyl adjacent to an activating group) is 1. The normalized spacial score (nSPS) is 21.7. The minimum absolute atomic E-state index is 0.336. The van der Waals surface area contributed by atoms with E-state index >= 15 is 0 Å². The number of aromatic nitrogens is 1. The summed E-state index contributed by atoms with van der Waals surface area (Å²) >= 11 is 0. The van der Waals surface area contributed by atoms with Crippen LogP contribution in [0.25, 0.3) is 0 Å². The van der Waals surface area contributed by atoms with E-state index in [4.69, 9.17) is 4.74 Å². The van der Waals surface area contributed by atoms with Gasteiger partial charge in [0.1, 0.15) is 0 Å². The van der Waals surface area contributed by atoms with Gasteiger partial charge in [0, 0.05) is 31.0 Å². The number of methoxy groups -OCH3 is 1. The van der Waals surface area contributed by atoms with Crippen LogP contribution in [0, 0.1) is 0 Å². The van der Waals surface area contributed by atoms with Crippen LogP contribution in [0.1, 0.15) is 49.8 Å². The van der Waals surface area contributed by atoms with Crippen LogP contribution in [-0.2, 0) is 11.2 Å². The smallest absolute Gasteiger partial charge is 0.0543 e. The van der Waals surface area contributed by atoms with Crippen LogP contribution in [0.4, 0.5) is 0 Å². The van der Waals surface area contributed by atoms with Crippen LogP contribution in [0.15, 0.2) is 18.3 Å². The summed E-state index contributed by atoms with van der Waals surface area (Å²) in [6.07, 6.45) is 8.22. The first-order valence-corrected chi connectivity index (χ1v) is 7.40. The molecule has 3 atom stereocenters. The van der Waals surface area contributed by atoms with Gasteiger partial charge < -0.3 is 10.1 Å². The summed E-state index contributed by atoms with van der Waals surface area (Å²) in [4.78, 5) is 4.65. The Bertz CT molecular complexity index is 394. The Morgan fingerprint density at radius 2 is 2.32 bits per heavy atom. The zero-order valence-electron chi connectivity index (χ0n) is 12.4. The Balaban J connectivity index is 2.07. The summed E-state index contributed by atoms with van der Waals surface area (Å²) in [5.74, 6) is 0.555. The fourth-order valence-electron chi connectivity index (χ4n) is 3.12. The number of nitrogens with one attached hydrogen (secondary N) is 1. The number of fused-ring (bicyclic) bond motifs is 1. The van der Waals surface area contributed by atoms with Gasteiger partial charge >= 0.3 is 0 Å². The lowest BCUT2D eigenvalue weighted by Crippen LogP contribution is -2.35. The molecule has 0 spiro atoms. The highest BCUT2D eigenvalue weighted by Gasteiger charge is 2.28. The average Bonchev–Trinajstić information content (AvgIpc) is 2.47. The molecule has 106 valence electrons. The van der Waals surface area contributed by atoms with Crippen LogP contribution in [0.3, 0.4) is 0 Å². The van der Waals surface area contributed by atoms with Crippen molar-refractivity contribution in [3.8, 4) is 0 Å². The predicted octanol–water partition coefficient (Wildman–Crippen LogP) is 2.90. The van der Waals surface area contributed by atoms with Crippen molar-refractivity contribution in [3.05, 3.63) is 29.6 Å². The Hall–Kier alpha value is -0.930. The van der Waals surface area contributed by atoms with Crippen molar-refractivity contribution in [1.29, 1.82) is 0 Å².